The Morgan fingerprint density at radius 2 is 1.59 bits per heavy atom. The minimum absolute atomic E-state index is 0.00316. The van der Waals surface area contributed by atoms with E-state index in [1.54, 1.807) is 19.2 Å². The third-order valence-electron chi connectivity index (χ3n) is 4.54. The van der Waals surface area contributed by atoms with Crippen molar-refractivity contribution in [2.45, 2.75) is 6.61 Å². The van der Waals surface area contributed by atoms with Crippen molar-refractivity contribution in [1.29, 1.82) is 0 Å². The molecule has 0 atom stereocenters. The first kappa shape index (κ1) is 20.1. The van der Waals surface area contributed by atoms with Gasteiger partial charge in [-0.05, 0) is 17.7 Å². The Labute approximate surface area is 169 Å². The smallest absolute Gasteiger partial charge is 0.213 e. The van der Waals surface area contributed by atoms with E-state index in [4.69, 9.17) is 14.2 Å². The molecule has 0 aliphatic carbocycles. The van der Waals surface area contributed by atoms with Crippen LogP contribution >= 0.6 is 0 Å². The summed E-state index contributed by atoms with van der Waals surface area (Å²) in [4.78, 5) is 13.0. The third-order valence-corrected chi connectivity index (χ3v) is 4.54. The number of rotatable bonds is 8. The van der Waals surface area contributed by atoms with E-state index in [9.17, 15) is 9.90 Å². The van der Waals surface area contributed by atoms with Crippen molar-refractivity contribution >= 4 is 12.1 Å². The zero-order valence-corrected chi connectivity index (χ0v) is 16.6. The first-order valence-electron chi connectivity index (χ1n) is 9.02. The average Bonchev–Trinajstić information content (AvgIpc) is 2.77. The largest absolute Gasteiger partial charge is 0.507 e. The van der Waals surface area contributed by atoms with Crippen LogP contribution < -0.4 is 19.1 Å². The van der Waals surface area contributed by atoms with Crippen LogP contribution in [-0.4, -0.2) is 32.8 Å². The molecular weight excluding hydrogens is 370 g/mol. The summed E-state index contributed by atoms with van der Waals surface area (Å²) in [5.74, 6) is 1.41. The van der Waals surface area contributed by atoms with E-state index in [0.717, 1.165) is 5.56 Å². The zero-order valence-electron chi connectivity index (χ0n) is 16.6. The number of nitrogens with zero attached hydrogens (tertiary/aromatic N) is 1. The molecule has 0 radical (unpaired) electrons. The Morgan fingerprint density at radius 1 is 0.897 bits per heavy atom. The molecule has 3 aromatic carbocycles. The molecule has 1 amide bonds. The molecule has 0 saturated heterocycles. The van der Waals surface area contributed by atoms with Crippen LogP contribution in [0.25, 0.3) is 11.1 Å². The number of hydrogen-bond donors (Lipinski definition) is 1. The number of ether oxygens (including phenoxy) is 3. The highest BCUT2D eigenvalue weighted by Gasteiger charge is 2.20. The number of methoxy groups -OCH3 is 2. The van der Waals surface area contributed by atoms with Crippen molar-refractivity contribution in [2.75, 3.05) is 26.2 Å². The van der Waals surface area contributed by atoms with Gasteiger partial charge in [0.1, 0.15) is 18.1 Å². The number of carbonyl (C=O) groups excluding carboxylic acids is 1. The molecule has 0 aliphatic heterocycles. The standard InChI is InChI=1S/C23H23NO5/c1-24(15-25)23-17(18-12-21(27-2)22(28-3)13-19(18)26)10-7-11-20(23)29-14-16-8-5-4-6-9-16/h4-13,15,26H,14H2,1-3H3. The maximum atomic E-state index is 11.6. The second-order valence-corrected chi connectivity index (χ2v) is 6.37. The van der Waals surface area contributed by atoms with Gasteiger partial charge in [0.2, 0.25) is 6.41 Å². The quantitative estimate of drug-likeness (QED) is 0.580. The second kappa shape index (κ2) is 9.01. The normalized spacial score (nSPS) is 10.3. The highest BCUT2D eigenvalue weighted by atomic mass is 16.5. The highest BCUT2D eigenvalue weighted by Crippen LogP contribution is 2.45. The molecule has 3 rings (SSSR count). The van der Waals surface area contributed by atoms with Crippen molar-refractivity contribution in [1.82, 2.24) is 0 Å². The van der Waals surface area contributed by atoms with Gasteiger partial charge in [-0.25, -0.2) is 0 Å². The lowest BCUT2D eigenvalue weighted by molar-refractivity contribution is -0.107. The number of aromatic hydroxyl groups is 1. The van der Waals surface area contributed by atoms with Gasteiger partial charge in [0.15, 0.2) is 11.5 Å². The molecule has 0 aliphatic rings. The highest BCUT2D eigenvalue weighted by molar-refractivity contribution is 5.92. The van der Waals surface area contributed by atoms with Crippen LogP contribution in [0.1, 0.15) is 5.56 Å². The number of amides is 1. The summed E-state index contributed by atoms with van der Waals surface area (Å²) >= 11 is 0. The average molecular weight is 393 g/mol. The van der Waals surface area contributed by atoms with Gasteiger partial charge in [0.05, 0.1) is 19.9 Å². The minimum atomic E-state index is 0.00316. The Kier molecular flexibility index (Phi) is 6.24. The van der Waals surface area contributed by atoms with Crippen LogP contribution in [0, 0.1) is 0 Å². The molecule has 0 aromatic heterocycles. The van der Waals surface area contributed by atoms with Crippen LogP contribution in [0.4, 0.5) is 5.69 Å². The molecule has 150 valence electrons. The number of benzene rings is 3. The van der Waals surface area contributed by atoms with Crippen molar-refractivity contribution < 1.29 is 24.1 Å². The van der Waals surface area contributed by atoms with E-state index in [0.29, 0.717) is 47.1 Å². The molecule has 0 fully saturated rings. The molecule has 0 spiro atoms. The monoisotopic (exact) mass is 393 g/mol. The molecule has 0 heterocycles. The van der Waals surface area contributed by atoms with Gasteiger partial charge in [-0.2, -0.15) is 0 Å². The lowest BCUT2D eigenvalue weighted by Gasteiger charge is -2.22. The maximum Gasteiger partial charge on any atom is 0.213 e. The molecule has 1 N–H and O–H groups in total. The maximum absolute atomic E-state index is 11.6. The molecule has 6 heteroatoms. The third kappa shape index (κ3) is 4.27. The summed E-state index contributed by atoms with van der Waals surface area (Å²) < 4.78 is 16.6. The van der Waals surface area contributed by atoms with Gasteiger partial charge in [-0.1, -0.05) is 42.5 Å². The van der Waals surface area contributed by atoms with Crippen molar-refractivity contribution in [3.05, 3.63) is 66.2 Å². The van der Waals surface area contributed by atoms with E-state index >= 15 is 0 Å². The fourth-order valence-electron chi connectivity index (χ4n) is 3.09. The molecule has 3 aromatic rings. The minimum Gasteiger partial charge on any atom is -0.507 e. The number of hydrogen-bond acceptors (Lipinski definition) is 5. The summed E-state index contributed by atoms with van der Waals surface area (Å²) in [6.07, 6.45) is 0.700. The molecular formula is C23H23NO5. The number of carbonyl (C=O) groups is 1. The van der Waals surface area contributed by atoms with Crippen LogP contribution in [0.5, 0.6) is 23.0 Å². The van der Waals surface area contributed by atoms with Crippen molar-refractivity contribution in [2.24, 2.45) is 0 Å². The Hall–Kier alpha value is -3.67. The molecule has 29 heavy (non-hydrogen) atoms. The summed E-state index contributed by atoms with van der Waals surface area (Å²) in [6.45, 7) is 0.349. The topological polar surface area (TPSA) is 68.2 Å². The molecule has 0 bridgehead atoms. The van der Waals surface area contributed by atoms with Gasteiger partial charge in [0, 0.05) is 24.2 Å². The van der Waals surface area contributed by atoms with Crippen molar-refractivity contribution in [3.63, 3.8) is 0 Å². The molecule has 6 nitrogen and oxygen atoms in total. The van der Waals surface area contributed by atoms with E-state index in [1.807, 2.05) is 42.5 Å². The van der Waals surface area contributed by atoms with Gasteiger partial charge in [-0.15, -0.1) is 0 Å². The fraction of sp³-hybridized carbons (Fsp3) is 0.174. The Morgan fingerprint density at radius 3 is 2.24 bits per heavy atom. The number of phenols is 1. The predicted octanol–water partition coefficient (Wildman–Crippen LogP) is 4.25. The molecule has 0 saturated carbocycles. The van der Waals surface area contributed by atoms with Crippen LogP contribution in [0.2, 0.25) is 0 Å². The number of anilines is 1. The Bertz CT molecular complexity index is 988. The zero-order chi connectivity index (χ0) is 20.8. The van der Waals surface area contributed by atoms with E-state index in [2.05, 4.69) is 0 Å². The molecule has 0 unspecified atom stereocenters. The van der Waals surface area contributed by atoms with Crippen LogP contribution in [0.3, 0.4) is 0 Å². The van der Waals surface area contributed by atoms with Crippen molar-refractivity contribution in [3.8, 4) is 34.1 Å². The summed E-state index contributed by atoms with van der Waals surface area (Å²) in [6, 6.07) is 18.3. The van der Waals surface area contributed by atoms with Gasteiger partial charge < -0.3 is 24.2 Å². The number of phenolic OH excluding ortho intramolecular Hbond substituents is 1. The lowest BCUT2D eigenvalue weighted by Crippen LogP contribution is -2.16. The predicted molar refractivity (Wildman–Crippen MR) is 112 cm³/mol. The second-order valence-electron chi connectivity index (χ2n) is 6.37. The van der Waals surface area contributed by atoms with E-state index in [-0.39, 0.29) is 5.75 Å². The fourth-order valence-corrected chi connectivity index (χ4v) is 3.09. The SMILES string of the molecule is COc1cc(O)c(-c2cccc(OCc3ccccc3)c2N(C)C=O)cc1OC. The first-order valence-corrected chi connectivity index (χ1v) is 9.02. The number of para-hydroxylation sites is 1. The first-order chi connectivity index (χ1) is 14.1. The lowest BCUT2D eigenvalue weighted by atomic mass is 10.0. The van der Waals surface area contributed by atoms with Crippen LogP contribution in [-0.2, 0) is 11.4 Å². The van der Waals surface area contributed by atoms with Gasteiger partial charge in [0.25, 0.3) is 0 Å². The Balaban J connectivity index is 2.08. The summed E-state index contributed by atoms with van der Waals surface area (Å²) in [5, 5.41) is 10.6. The van der Waals surface area contributed by atoms with Gasteiger partial charge >= 0.3 is 0 Å². The summed E-state index contributed by atoms with van der Waals surface area (Å²) in [5.41, 5.74) is 2.67. The van der Waals surface area contributed by atoms with E-state index < -0.39 is 0 Å². The summed E-state index contributed by atoms with van der Waals surface area (Å²) in [7, 11) is 4.66. The van der Waals surface area contributed by atoms with Gasteiger partial charge in [-0.3, -0.25) is 4.79 Å². The van der Waals surface area contributed by atoms with E-state index in [1.165, 1.54) is 25.2 Å². The van der Waals surface area contributed by atoms with Crippen LogP contribution in [0.15, 0.2) is 60.7 Å².